The molecule has 94 valence electrons. The van der Waals surface area contributed by atoms with Gasteiger partial charge in [-0.3, -0.25) is 4.98 Å². The summed E-state index contributed by atoms with van der Waals surface area (Å²) >= 11 is 0. The second kappa shape index (κ2) is 4.69. The standard InChI is InChI=1S/C16H15N3/c1-11-8-14-15(9-12(11)2)19-16(18-14)6-5-13-4-3-7-17-10-13/h3-10H,1-2H3,(H,18,19)/b6-5+. The van der Waals surface area contributed by atoms with Gasteiger partial charge in [0.1, 0.15) is 5.82 Å². The van der Waals surface area contributed by atoms with Gasteiger partial charge in [-0.1, -0.05) is 6.07 Å². The summed E-state index contributed by atoms with van der Waals surface area (Å²) in [5, 5.41) is 0. The minimum Gasteiger partial charge on any atom is -0.338 e. The SMILES string of the molecule is Cc1cc2nc(/C=C/c3cccnc3)[nH]c2cc1C. The second-order valence-electron chi connectivity index (χ2n) is 4.70. The number of nitrogens with one attached hydrogen (secondary N) is 1. The molecule has 19 heavy (non-hydrogen) atoms. The van der Waals surface area contributed by atoms with Crippen molar-refractivity contribution in [1.82, 2.24) is 15.0 Å². The summed E-state index contributed by atoms with van der Waals surface area (Å²) in [7, 11) is 0. The molecule has 0 saturated heterocycles. The first-order valence-corrected chi connectivity index (χ1v) is 6.27. The molecular weight excluding hydrogens is 234 g/mol. The number of aryl methyl sites for hydroxylation is 2. The third-order valence-corrected chi connectivity index (χ3v) is 3.23. The van der Waals surface area contributed by atoms with Gasteiger partial charge < -0.3 is 4.98 Å². The van der Waals surface area contributed by atoms with Gasteiger partial charge in [-0.25, -0.2) is 4.98 Å². The molecule has 2 aromatic heterocycles. The Morgan fingerprint density at radius 2 is 1.95 bits per heavy atom. The largest absolute Gasteiger partial charge is 0.338 e. The molecule has 1 N–H and O–H groups in total. The van der Waals surface area contributed by atoms with Crippen LogP contribution >= 0.6 is 0 Å². The summed E-state index contributed by atoms with van der Waals surface area (Å²) in [5.74, 6) is 0.865. The Balaban J connectivity index is 1.96. The van der Waals surface area contributed by atoms with Crippen LogP contribution in [0.3, 0.4) is 0 Å². The molecule has 0 atom stereocenters. The highest BCUT2D eigenvalue weighted by Crippen LogP contribution is 2.18. The molecule has 2 heterocycles. The molecule has 1 aromatic carbocycles. The fourth-order valence-electron chi connectivity index (χ4n) is 2.02. The fourth-order valence-corrected chi connectivity index (χ4v) is 2.02. The minimum atomic E-state index is 0.865. The average molecular weight is 249 g/mol. The maximum absolute atomic E-state index is 4.57. The molecule has 0 aliphatic heterocycles. The third-order valence-electron chi connectivity index (χ3n) is 3.23. The van der Waals surface area contributed by atoms with Crippen molar-refractivity contribution in [3.05, 3.63) is 59.2 Å². The third kappa shape index (κ3) is 2.40. The highest BCUT2D eigenvalue weighted by molar-refractivity contribution is 5.80. The quantitative estimate of drug-likeness (QED) is 0.751. The topological polar surface area (TPSA) is 41.6 Å². The minimum absolute atomic E-state index is 0.865. The van der Waals surface area contributed by atoms with Gasteiger partial charge in [0.2, 0.25) is 0 Å². The van der Waals surface area contributed by atoms with Crippen LogP contribution in [0.15, 0.2) is 36.7 Å². The number of hydrogen-bond acceptors (Lipinski definition) is 2. The van der Waals surface area contributed by atoms with Gasteiger partial charge in [0.05, 0.1) is 11.0 Å². The van der Waals surface area contributed by atoms with Crippen molar-refractivity contribution in [2.45, 2.75) is 13.8 Å². The lowest BCUT2D eigenvalue weighted by atomic mass is 10.1. The Morgan fingerprint density at radius 1 is 1.11 bits per heavy atom. The van der Waals surface area contributed by atoms with Gasteiger partial charge in [-0.05, 0) is 60.9 Å². The number of imidazole rings is 1. The van der Waals surface area contributed by atoms with E-state index < -0.39 is 0 Å². The highest BCUT2D eigenvalue weighted by atomic mass is 14.9. The predicted octanol–water partition coefficient (Wildman–Crippen LogP) is 3.75. The Kier molecular flexibility index (Phi) is 2.88. The van der Waals surface area contributed by atoms with Crippen LogP contribution in [0.25, 0.3) is 23.2 Å². The van der Waals surface area contributed by atoms with Gasteiger partial charge >= 0.3 is 0 Å². The van der Waals surface area contributed by atoms with Crippen LogP contribution in [0, 0.1) is 13.8 Å². The van der Waals surface area contributed by atoms with E-state index in [9.17, 15) is 0 Å². The van der Waals surface area contributed by atoms with E-state index in [1.165, 1.54) is 11.1 Å². The van der Waals surface area contributed by atoms with E-state index in [1.807, 2.05) is 30.5 Å². The monoisotopic (exact) mass is 249 g/mol. The molecule has 0 bridgehead atoms. The lowest BCUT2D eigenvalue weighted by Gasteiger charge is -1.97. The van der Waals surface area contributed by atoms with Crippen LogP contribution in [0.4, 0.5) is 0 Å². The number of aromatic nitrogens is 3. The summed E-state index contributed by atoms with van der Waals surface area (Å²) in [6.45, 7) is 4.22. The van der Waals surface area contributed by atoms with Crippen LogP contribution in [0.2, 0.25) is 0 Å². The molecular formula is C16H15N3. The van der Waals surface area contributed by atoms with Crippen LogP contribution < -0.4 is 0 Å². The first-order chi connectivity index (χ1) is 9.22. The molecule has 0 amide bonds. The van der Waals surface area contributed by atoms with E-state index in [-0.39, 0.29) is 0 Å². The number of H-pyrrole nitrogens is 1. The second-order valence-corrected chi connectivity index (χ2v) is 4.70. The molecule has 0 aliphatic carbocycles. The van der Waals surface area contributed by atoms with E-state index in [0.29, 0.717) is 0 Å². The molecule has 3 heteroatoms. The molecule has 0 unspecified atom stereocenters. The molecule has 0 aliphatic rings. The van der Waals surface area contributed by atoms with Crippen molar-refractivity contribution in [2.24, 2.45) is 0 Å². The van der Waals surface area contributed by atoms with Crippen LogP contribution in [-0.4, -0.2) is 15.0 Å². The van der Waals surface area contributed by atoms with Crippen molar-refractivity contribution < 1.29 is 0 Å². The summed E-state index contributed by atoms with van der Waals surface area (Å²) < 4.78 is 0. The van der Waals surface area contributed by atoms with E-state index >= 15 is 0 Å². The van der Waals surface area contributed by atoms with E-state index in [2.05, 4.69) is 40.9 Å². The van der Waals surface area contributed by atoms with Gasteiger partial charge in [0, 0.05) is 12.4 Å². The molecule has 0 fully saturated rings. The number of hydrogen-bond donors (Lipinski definition) is 1. The zero-order chi connectivity index (χ0) is 13.2. The highest BCUT2D eigenvalue weighted by Gasteiger charge is 2.02. The first kappa shape index (κ1) is 11.7. The Labute approximate surface area is 112 Å². The lowest BCUT2D eigenvalue weighted by molar-refractivity contribution is 1.29. The van der Waals surface area contributed by atoms with Crippen LogP contribution in [-0.2, 0) is 0 Å². The van der Waals surface area contributed by atoms with Gasteiger partial charge in [0.15, 0.2) is 0 Å². The molecule has 0 spiro atoms. The fraction of sp³-hybridized carbons (Fsp3) is 0.125. The normalized spacial score (nSPS) is 11.5. The number of pyridine rings is 1. The smallest absolute Gasteiger partial charge is 0.131 e. The van der Waals surface area contributed by atoms with Crippen molar-refractivity contribution in [2.75, 3.05) is 0 Å². The Bertz CT molecular complexity index is 700. The van der Waals surface area contributed by atoms with Crippen molar-refractivity contribution in [3.63, 3.8) is 0 Å². The van der Waals surface area contributed by atoms with Crippen molar-refractivity contribution in [3.8, 4) is 0 Å². The lowest BCUT2D eigenvalue weighted by Crippen LogP contribution is -1.79. The summed E-state index contributed by atoms with van der Waals surface area (Å²) in [6.07, 6.45) is 7.57. The van der Waals surface area contributed by atoms with Gasteiger partial charge in [-0.2, -0.15) is 0 Å². The van der Waals surface area contributed by atoms with E-state index in [0.717, 1.165) is 22.4 Å². The number of rotatable bonds is 2. The number of aromatic amines is 1. The zero-order valence-corrected chi connectivity index (χ0v) is 11.0. The van der Waals surface area contributed by atoms with Crippen molar-refractivity contribution in [1.29, 1.82) is 0 Å². The molecule has 3 rings (SSSR count). The number of nitrogens with zero attached hydrogens (tertiary/aromatic N) is 2. The summed E-state index contributed by atoms with van der Waals surface area (Å²) in [6, 6.07) is 8.19. The maximum atomic E-state index is 4.57. The van der Waals surface area contributed by atoms with Crippen LogP contribution in [0.5, 0.6) is 0 Å². The number of fused-ring (bicyclic) bond motifs is 1. The molecule has 0 radical (unpaired) electrons. The Morgan fingerprint density at radius 3 is 2.74 bits per heavy atom. The van der Waals surface area contributed by atoms with E-state index in [4.69, 9.17) is 0 Å². The van der Waals surface area contributed by atoms with Crippen LogP contribution in [0.1, 0.15) is 22.5 Å². The van der Waals surface area contributed by atoms with Gasteiger partial charge in [-0.15, -0.1) is 0 Å². The van der Waals surface area contributed by atoms with Crippen molar-refractivity contribution >= 4 is 23.2 Å². The Hall–Kier alpha value is -2.42. The average Bonchev–Trinajstić information content (AvgIpc) is 2.80. The maximum Gasteiger partial charge on any atom is 0.131 e. The molecule has 3 aromatic rings. The molecule has 3 nitrogen and oxygen atoms in total. The summed E-state index contributed by atoms with van der Waals surface area (Å²) in [4.78, 5) is 12.0. The zero-order valence-electron chi connectivity index (χ0n) is 11.0. The first-order valence-electron chi connectivity index (χ1n) is 6.27. The summed E-state index contributed by atoms with van der Waals surface area (Å²) in [5.41, 5.74) is 5.69. The molecule has 0 saturated carbocycles. The predicted molar refractivity (Wildman–Crippen MR) is 78.7 cm³/mol. The van der Waals surface area contributed by atoms with Gasteiger partial charge in [0.25, 0.3) is 0 Å². The number of benzene rings is 1. The van der Waals surface area contributed by atoms with E-state index in [1.54, 1.807) is 6.20 Å².